The molecule has 2 aromatic carbocycles. The van der Waals surface area contributed by atoms with Crippen molar-refractivity contribution in [3.05, 3.63) is 59.7 Å². The molecule has 0 unspecified atom stereocenters. The van der Waals surface area contributed by atoms with Crippen LogP contribution in [0.4, 0.5) is 0 Å². The molecule has 0 heterocycles. The molecule has 0 aliphatic heterocycles. The second-order valence-electron chi connectivity index (χ2n) is 4.75. The van der Waals surface area contributed by atoms with Crippen molar-refractivity contribution in [3.63, 3.8) is 0 Å². The first-order valence-electron chi connectivity index (χ1n) is 6.85. The van der Waals surface area contributed by atoms with Crippen molar-refractivity contribution in [3.8, 4) is 11.5 Å². The van der Waals surface area contributed by atoms with E-state index in [0.29, 0.717) is 6.61 Å². The topological polar surface area (TPSA) is 27.7 Å². The maximum absolute atomic E-state index is 5.98. The molecule has 0 aliphatic carbocycles. The van der Waals surface area contributed by atoms with Crippen LogP contribution >= 0.6 is 22.1 Å². The molecule has 5 heteroatoms. The van der Waals surface area contributed by atoms with Crippen LogP contribution < -0.4 is 9.05 Å². The molecule has 0 aromatic heterocycles. The first kappa shape index (κ1) is 16.3. The first-order valence-corrected chi connectivity index (χ1v) is 10.8. The zero-order chi connectivity index (χ0) is 15.3. The molecule has 0 fully saturated rings. The Bertz CT molecular complexity index is 556. The van der Waals surface area contributed by atoms with Gasteiger partial charge in [0.1, 0.15) is 0 Å². The molecule has 0 radical (unpaired) electrons. The Balaban J connectivity index is 2.19. The Morgan fingerprint density at radius 1 is 0.905 bits per heavy atom. The second-order valence-corrected chi connectivity index (χ2v) is 9.33. The summed E-state index contributed by atoms with van der Waals surface area (Å²) in [5.74, 6) is 1.47. The van der Waals surface area contributed by atoms with Crippen LogP contribution in [-0.4, -0.2) is 6.61 Å². The van der Waals surface area contributed by atoms with Gasteiger partial charge in [0.15, 0.2) is 0 Å². The fourth-order valence-corrected chi connectivity index (χ4v) is 5.02. The summed E-state index contributed by atoms with van der Waals surface area (Å²) in [6, 6.07) is 15.7. The SMILES string of the molecule is CCO[PH](Br)(Oc1cccc(C)c1)Oc1cccc(C)c1. The summed E-state index contributed by atoms with van der Waals surface area (Å²) in [5.41, 5.74) is 2.26. The predicted molar refractivity (Wildman–Crippen MR) is 92.5 cm³/mol. The Morgan fingerprint density at radius 2 is 1.38 bits per heavy atom. The fraction of sp³-hybridized carbons (Fsp3) is 0.250. The zero-order valence-electron chi connectivity index (χ0n) is 12.4. The van der Waals surface area contributed by atoms with Crippen LogP contribution in [0.25, 0.3) is 0 Å². The van der Waals surface area contributed by atoms with Gasteiger partial charge >= 0.3 is 134 Å². The van der Waals surface area contributed by atoms with Crippen molar-refractivity contribution >= 4 is 22.1 Å². The van der Waals surface area contributed by atoms with Crippen LogP contribution in [0.1, 0.15) is 18.1 Å². The average Bonchev–Trinajstić information content (AvgIpc) is 2.38. The number of benzene rings is 2. The van der Waals surface area contributed by atoms with Crippen LogP contribution in [0.3, 0.4) is 0 Å². The van der Waals surface area contributed by atoms with Crippen molar-refractivity contribution in [2.24, 2.45) is 0 Å². The van der Waals surface area contributed by atoms with Crippen LogP contribution in [0.5, 0.6) is 11.5 Å². The number of aryl methyl sites for hydroxylation is 2. The van der Waals surface area contributed by atoms with Gasteiger partial charge in [-0.25, -0.2) is 0 Å². The molecule has 114 valence electrons. The van der Waals surface area contributed by atoms with Crippen molar-refractivity contribution in [1.29, 1.82) is 0 Å². The van der Waals surface area contributed by atoms with E-state index in [2.05, 4.69) is 15.5 Å². The molecule has 21 heavy (non-hydrogen) atoms. The normalized spacial score (nSPS) is 12.0. The second kappa shape index (κ2) is 7.26. The Hall–Kier alpha value is -1.09. The van der Waals surface area contributed by atoms with Gasteiger partial charge in [0.2, 0.25) is 0 Å². The third kappa shape index (κ3) is 4.99. The molecular weight excluding hydrogens is 351 g/mol. The molecule has 0 bridgehead atoms. The van der Waals surface area contributed by atoms with Gasteiger partial charge in [-0.15, -0.1) is 0 Å². The third-order valence-corrected chi connectivity index (χ3v) is 6.03. The molecule has 0 N–H and O–H groups in total. The Labute approximate surface area is 134 Å². The van der Waals surface area contributed by atoms with Gasteiger partial charge in [0.05, 0.1) is 0 Å². The van der Waals surface area contributed by atoms with E-state index in [4.69, 9.17) is 13.6 Å². The molecule has 0 spiro atoms. The summed E-state index contributed by atoms with van der Waals surface area (Å²) >= 11 is 3.54. The fourth-order valence-electron chi connectivity index (χ4n) is 1.89. The van der Waals surface area contributed by atoms with Crippen molar-refractivity contribution in [2.75, 3.05) is 6.61 Å². The summed E-state index contributed by atoms with van der Waals surface area (Å²) in [4.78, 5) is 0. The molecule has 0 saturated carbocycles. The molecule has 0 amide bonds. The van der Waals surface area contributed by atoms with E-state index < -0.39 is 6.65 Å². The van der Waals surface area contributed by atoms with Gasteiger partial charge in [0.25, 0.3) is 0 Å². The van der Waals surface area contributed by atoms with Crippen molar-refractivity contribution < 1.29 is 13.6 Å². The van der Waals surface area contributed by atoms with Gasteiger partial charge in [-0.1, -0.05) is 0 Å². The number of hydrogen-bond acceptors (Lipinski definition) is 3. The van der Waals surface area contributed by atoms with E-state index in [1.165, 1.54) is 0 Å². The van der Waals surface area contributed by atoms with Crippen LogP contribution in [0.15, 0.2) is 48.5 Å². The van der Waals surface area contributed by atoms with Gasteiger partial charge in [0, 0.05) is 0 Å². The van der Waals surface area contributed by atoms with E-state index in [1.807, 2.05) is 69.3 Å². The molecule has 0 aliphatic rings. The van der Waals surface area contributed by atoms with E-state index >= 15 is 0 Å². The van der Waals surface area contributed by atoms with E-state index in [0.717, 1.165) is 22.6 Å². The maximum atomic E-state index is 5.98. The summed E-state index contributed by atoms with van der Waals surface area (Å²) in [7, 11) is 0. The number of halogens is 1. The van der Waals surface area contributed by atoms with Crippen LogP contribution in [0.2, 0.25) is 0 Å². The average molecular weight is 371 g/mol. The molecule has 2 aromatic rings. The summed E-state index contributed by atoms with van der Waals surface area (Å²) in [5, 5.41) is 0. The summed E-state index contributed by atoms with van der Waals surface area (Å²) < 4.78 is 17.7. The minimum absolute atomic E-state index is 0.509. The molecule has 0 atom stereocenters. The van der Waals surface area contributed by atoms with Crippen molar-refractivity contribution in [2.45, 2.75) is 20.8 Å². The van der Waals surface area contributed by atoms with Crippen LogP contribution in [0, 0.1) is 13.8 Å². The standard InChI is InChI=1S/C16H20BrO3P/c1-4-18-21(17,19-15-9-5-7-13(2)11-15)20-16-10-6-8-14(3)12-16/h5-12,21H,4H2,1-3H3. The number of hydrogen-bond donors (Lipinski definition) is 0. The summed E-state index contributed by atoms with van der Waals surface area (Å²) in [6.07, 6.45) is 0. The molecule has 2 rings (SSSR count). The van der Waals surface area contributed by atoms with E-state index in [9.17, 15) is 0 Å². The van der Waals surface area contributed by atoms with Crippen molar-refractivity contribution in [1.82, 2.24) is 0 Å². The number of rotatable bonds is 6. The summed E-state index contributed by atoms with van der Waals surface area (Å²) in [6.45, 7) is 3.50. The van der Waals surface area contributed by atoms with Gasteiger partial charge in [-0.3, -0.25) is 0 Å². The molecular formula is C16H20BrO3P. The zero-order valence-corrected chi connectivity index (χ0v) is 15.0. The Morgan fingerprint density at radius 3 is 1.76 bits per heavy atom. The molecule has 0 saturated heterocycles. The monoisotopic (exact) mass is 370 g/mol. The third-order valence-electron chi connectivity index (χ3n) is 2.78. The molecule has 3 nitrogen and oxygen atoms in total. The van der Waals surface area contributed by atoms with Gasteiger partial charge in [-0.05, 0) is 0 Å². The van der Waals surface area contributed by atoms with Gasteiger partial charge < -0.3 is 0 Å². The predicted octanol–water partition coefficient (Wildman–Crippen LogP) is 5.60. The Kier molecular flexibility index (Phi) is 5.63. The van der Waals surface area contributed by atoms with E-state index in [-0.39, 0.29) is 0 Å². The quantitative estimate of drug-likeness (QED) is 0.619. The minimum atomic E-state index is -2.96. The van der Waals surface area contributed by atoms with Gasteiger partial charge in [-0.2, -0.15) is 0 Å². The van der Waals surface area contributed by atoms with Crippen LogP contribution in [-0.2, 0) is 4.52 Å². The van der Waals surface area contributed by atoms with E-state index in [1.54, 1.807) is 0 Å². The first-order chi connectivity index (χ1) is 10.0.